The third kappa shape index (κ3) is 2.31. The van der Waals surface area contributed by atoms with Gasteiger partial charge < -0.3 is 4.57 Å². The number of rotatable bonds is 1. The van der Waals surface area contributed by atoms with E-state index in [4.69, 9.17) is 11.6 Å². The van der Waals surface area contributed by atoms with Crippen LogP contribution in [0.1, 0.15) is 5.56 Å². The van der Waals surface area contributed by atoms with Gasteiger partial charge in [0.25, 0.3) is 0 Å². The van der Waals surface area contributed by atoms with E-state index in [9.17, 15) is 17.6 Å². The van der Waals surface area contributed by atoms with Gasteiger partial charge in [-0.05, 0) is 23.7 Å². The molecule has 3 rings (SSSR count). The molecule has 0 radical (unpaired) electrons. The van der Waals surface area contributed by atoms with Crippen LogP contribution in [-0.2, 0) is 13.2 Å². The number of nitrogens with zero attached hydrogens (tertiary/aromatic N) is 3. The number of alkyl halides is 3. The summed E-state index contributed by atoms with van der Waals surface area (Å²) in [5, 5.41) is -0.276. The Kier molecular flexibility index (Phi) is 3.32. The average Bonchev–Trinajstić information content (AvgIpc) is 2.76. The first kappa shape index (κ1) is 14.8. The molecule has 0 aliphatic heterocycles. The lowest BCUT2D eigenvalue weighted by Crippen LogP contribution is -2.09. The number of benzene rings is 1. The highest BCUT2D eigenvalue weighted by atomic mass is 35.5. The molecule has 22 heavy (non-hydrogen) atoms. The first-order valence-corrected chi connectivity index (χ1v) is 6.50. The van der Waals surface area contributed by atoms with Crippen molar-refractivity contribution in [1.82, 2.24) is 14.5 Å². The van der Waals surface area contributed by atoms with Crippen molar-refractivity contribution >= 4 is 22.5 Å². The third-order valence-electron chi connectivity index (χ3n) is 3.28. The summed E-state index contributed by atoms with van der Waals surface area (Å²) in [5.41, 5.74) is -1.03. The van der Waals surface area contributed by atoms with Crippen LogP contribution in [0.5, 0.6) is 0 Å². The van der Waals surface area contributed by atoms with E-state index < -0.39 is 23.3 Å². The van der Waals surface area contributed by atoms with Gasteiger partial charge in [0, 0.05) is 30.4 Å². The van der Waals surface area contributed by atoms with Crippen LogP contribution in [0.2, 0.25) is 5.28 Å². The maximum atomic E-state index is 14.1. The van der Waals surface area contributed by atoms with Crippen molar-refractivity contribution in [2.75, 3.05) is 0 Å². The standard InChI is InChI=1S/C14H8ClF4N3/c1-22-6-7(11-9(16)3-2-4-10(11)22)12-8(14(17,18)19)5-20-13(15)21-12/h2-6H,1H3. The van der Waals surface area contributed by atoms with Gasteiger partial charge in [-0.2, -0.15) is 13.2 Å². The summed E-state index contributed by atoms with van der Waals surface area (Å²) < 4.78 is 55.1. The number of halogens is 5. The molecule has 0 saturated carbocycles. The summed E-state index contributed by atoms with van der Waals surface area (Å²) in [6.45, 7) is 0. The molecule has 0 aliphatic carbocycles. The molecule has 1 aromatic carbocycles. The molecular formula is C14H8ClF4N3. The summed E-state index contributed by atoms with van der Waals surface area (Å²) >= 11 is 5.62. The molecule has 0 bridgehead atoms. The summed E-state index contributed by atoms with van der Waals surface area (Å²) in [6.07, 6.45) is -2.68. The van der Waals surface area contributed by atoms with Crippen molar-refractivity contribution in [2.45, 2.75) is 6.18 Å². The second-order valence-corrected chi connectivity index (χ2v) is 5.02. The Morgan fingerprint density at radius 3 is 2.64 bits per heavy atom. The lowest BCUT2D eigenvalue weighted by Gasteiger charge is -2.11. The Morgan fingerprint density at radius 1 is 1.23 bits per heavy atom. The highest BCUT2D eigenvalue weighted by molar-refractivity contribution is 6.28. The van der Waals surface area contributed by atoms with Crippen LogP contribution in [0.3, 0.4) is 0 Å². The third-order valence-corrected chi connectivity index (χ3v) is 3.47. The van der Waals surface area contributed by atoms with Crippen molar-refractivity contribution in [3.8, 4) is 11.3 Å². The fourth-order valence-electron chi connectivity index (χ4n) is 2.35. The zero-order valence-electron chi connectivity index (χ0n) is 11.1. The molecule has 3 aromatic rings. The zero-order chi connectivity index (χ0) is 16.1. The summed E-state index contributed by atoms with van der Waals surface area (Å²) in [4.78, 5) is 7.04. The van der Waals surface area contributed by atoms with Gasteiger partial charge in [0.1, 0.15) is 11.4 Å². The van der Waals surface area contributed by atoms with E-state index in [1.165, 1.54) is 22.9 Å². The van der Waals surface area contributed by atoms with Crippen LogP contribution in [0.25, 0.3) is 22.2 Å². The molecule has 8 heteroatoms. The van der Waals surface area contributed by atoms with Gasteiger partial charge in [-0.3, -0.25) is 0 Å². The molecule has 114 valence electrons. The largest absolute Gasteiger partial charge is 0.419 e. The smallest absolute Gasteiger partial charge is 0.350 e. The van der Waals surface area contributed by atoms with Crippen LogP contribution in [0, 0.1) is 5.82 Å². The van der Waals surface area contributed by atoms with Crippen molar-refractivity contribution in [3.63, 3.8) is 0 Å². The van der Waals surface area contributed by atoms with Crippen LogP contribution < -0.4 is 0 Å². The minimum Gasteiger partial charge on any atom is -0.350 e. The molecule has 0 atom stereocenters. The van der Waals surface area contributed by atoms with Crippen molar-refractivity contribution in [3.05, 3.63) is 47.3 Å². The molecule has 0 N–H and O–H groups in total. The van der Waals surface area contributed by atoms with Gasteiger partial charge in [-0.1, -0.05) is 6.07 Å². The number of hydrogen-bond acceptors (Lipinski definition) is 2. The Bertz CT molecular complexity index is 870. The van der Waals surface area contributed by atoms with Gasteiger partial charge in [0.2, 0.25) is 5.28 Å². The Morgan fingerprint density at radius 2 is 1.95 bits per heavy atom. The van der Waals surface area contributed by atoms with E-state index in [-0.39, 0.29) is 16.2 Å². The average molecular weight is 330 g/mol. The quantitative estimate of drug-likeness (QED) is 0.488. The predicted octanol–water partition coefficient (Wildman–Crippen LogP) is 4.45. The molecule has 2 heterocycles. The molecule has 0 saturated heterocycles. The maximum Gasteiger partial charge on any atom is 0.419 e. The van der Waals surface area contributed by atoms with E-state index in [1.807, 2.05) is 0 Å². The zero-order valence-corrected chi connectivity index (χ0v) is 11.9. The number of fused-ring (bicyclic) bond motifs is 1. The predicted molar refractivity (Wildman–Crippen MR) is 73.9 cm³/mol. The minimum absolute atomic E-state index is 0.0206. The molecular weight excluding hydrogens is 322 g/mol. The molecule has 3 nitrogen and oxygen atoms in total. The maximum absolute atomic E-state index is 14.1. The van der Waals surface area contributed by atoms with E-state index in [0.717, 1.165) is 0 Å². The Hall–Kier alpha value is -2.15. The number of aryl methyl sites for hydroxylation is 1. The van der Waals surface area contributed by atoms with Gasteiger partial charge in [0.15, 0.2) is 0 Å². The number of aromatic nitrogens is 3. The second kappa shape index (κ2) is 4.95. The summed E-state index contributed by atoms with van der Waals surface area (Å²) in [5.74, 6) is -0.629. The first-order valence-electron chi connectivity index (χ1n) is 6.12. The summed E-state index contributed by atoms with van der Waals surface area (Å²) in [6, 6.07) is 4.28. The molecule has 0 fully saturated rings. The first-order chi connectivity index (χ1) is 10.3. The van der Waals surface area contributed by atoms with E-state index in [0.29, 0.717) is 11.7 Å². The van der Waals surface area contributed by atoms with Crippen LogP contribution in [0.15, 0.2) is 30.6 Å². The summed E-state index contributed by atoms with van der Waals surface area (Å²) in [7, 11) is 1.61. The molecule has 0 unspecified atom stereocenters. The second-order valence-electron chi connectivity index (χ2n) is 4.69. The topological polar surface area (TPSA) is 30.7 Å². The SMILES string of the molecule is Cn1cc(-c2nc(Cl)ncc2C(F)(F)F)c2c(F)cccc21. The Balaban J connectivity index is 2.40. The van der Waals surface area contributed by atoms with Crippen LogP contribution in [-0.4, -0.2) is 14.5 Å². The Labute approximate surface area is 127 Å². The lowest BCUT2D eigenvalue weighted by atomic mass is 10.1. The fourth-order valence-corrected chi connectivity index (χ4v) is 2.49. The van der Waals surface area contributed by atoms with Crippen molar-refractivity contribution in [1.29, 1.82) is 0 Å². The fraction of sp³-hybridized carbons (Fsp3) is 0.143. The van der Waals surface area contributed by atoms with E-state index in [1.54, 1.807) is 13.1 Å². The normalized spacial score (nSPS) is 12.1. The van der Waals surface area contributed by atoms with Gasteiger partial charge in [-0.15, -0.1) is 0 Å². The lowest BCUT2D eigenvalue weighted by molar-refractivity contribution is -0.137. The van der Waals surface area contributed by atoms with E-state index >= 15 is 0 Å². The van der Waals surface area contributed by atoms with Gasteiger partial charge >= 0.3 is 6.18 Å². The highest BCUT2D eigenvalue weighted by Crippen LogP contribution is 2.39. The number of hydrogen-bond donors (Lipinski definition) is 0. The van der Waals surface area contributed by atoms with Crippen LogP contribution in [0.4, 0.5) is 17.6 Å². The van der Waals surface area contributed by atoms with Gasteiger partial charge in [0.05, 0.1) is 11.2 Å². The van der Waals surface area contributed by atoms with Crippen molar-refractivity contribution in [2.24, 2.45) is 7.05 Å². The van der Waals surface area contributed by atoms with E-state index in [2.05, 4.69) is 9.97 Å². The molecule has 0 aliphatic rings. The molecule has 2 aromatic heterocycles. The molecule has 0 amide bonds. The van der Waals surface area contributed by atoms with Crippen molar-refractivity contribution < 1.29 is 17.6 Å². The van der Waals surface area contributed by atoms with Crippen LogP contribution >= 0.6 is 11.6 Å². The van der Waals surface area contributed by atoms with Gasteiger partial charge in [-0.25, -0.2) is 14.4 Å². The monoisotopic (exact) mass is 329 g/mol. The minimum atomic E-state index is -4.67. The highest BCUT2D eigenvalue weighted by Gasteiger charge is 2.36. The molecule has 0 spiro atoms.